The fourth-order valence-electron chi connectivity index (χ4n) is 2.02. The van der Waals surface area contributed by atoms with Gasteiger partial charge < -0.3 is 8.83 Å². The Morgan fingerprint density at radius 3 is 2.59 bits per heavy atom. The van der Waals surface area contributed by atoms with Crippen molar-refractivity contribution < 1.29 is 17.3 Å². The molecule has 0 aliphatic carbocycles. The molecule has 3 aromatic heterocycles. The van der Waals surface area contributed by atoms with Gasteiger partial charge in [-0.25, -0.2) is 13.1 Å². The predicted molar refractivity (Wildman–Crippen MR) is 81.3 cm³/mol. The minimum absolute atomic E-state index is 0.182. The first-order chi connectivity index (χ1) is 10.4. The van der Waals surface area contributed by atoms with Crippen molar-refractivity contribution in [2.75, 3.05) is 4.72 Å². The Hall–Kier alpha value is -2.13. The second-order valence-electron chi connectivity index (χ2n) is 4.69. The van der Waals surface area contributed by atoms with Crippen LogP contribution in [0.3, 0.4) is 0 Å². The van der Waals surface area contributed by atoms with E-state index >= 15 is 0 Å². The number of hydrogen-bond donors (Lipinski definition) is 1. The maximum absolute atomic E-state index is 12.3. The molecule has 9 heteroatoms. The summed E-state index contributed by atoms with van der Waals surface area (Å²) in [6.45, 7) is 5.35. The van der Waals surface area contributed by atoms with Crippen molar-refractivity contribution in [3.8, 4) is 11.5 Å². The van der Waals surface area contributed by atoms with Gasteiger partial charge in [0.1, 0.15) is 10.7 Å². The number of thiophene rings is 1. The van der Waals surface area contributed by atoms with Gasteiger partial charge in [0.2, 0.25) is 0 Å². The van der Waals surface area contributed by atoms with Crippen molar-refractivity contribution in [2.24, 2.45) is 0 Å². The molecule has 0 amide bonds. The number of aryl methyl sites for hydroxylation is 3. The summed E-state index contributed by atoms with van der Waals surface area (Å²) in [5.41, 5.74) is 0.625. The van der Waals surface area contributed by atoms with Gasteiger partial charge in [0.15, 0.2) is 0 Å². The van der Waals surface area contributed by atoms with Crippen LogP contribution >= 0.6 is 11.3 Å². The zero-order valence-electron chi connectivity index (χ0n) is 12.1. The fourth-order valence-corrected chi connectivity index (χ4v) is 4.51. The van der Waals surface area contributed by atoms with Crippen LogP contribution in [0.2, 0.25) is 0 Å². The van der Waals surface area contributed by atoms with Crippen molar-refractivity contribution in [1.82, 2.24) is 10.2 Å². The summed E-state index contributed by atoms with van der Waals surface area (Å²) in [5, 5.41) is 7.54. The molecule has 0 fully saturated rings. The lowest BCUT2D eigenvalue weighted by atomic mass is 10.3. The van der Waals surface area contributed by atoms with Crippen LogP contribution in [-0.2, 0) is 10.0 Å². The monoisotopic (exact) mass is 339 g/mol. The summed E-state index contributed by atoms with van der Waals surface area (Å²) in [4.78, 5) is 1.84. The van der Waals surface area contributed by atoms with E-state index in [1.165, 1.54) is 17.6 Å². The molecule has 0 bridgehead atoms. The summed E-state index contributed by atoms with van der Waals surface area (Å²) < 4.78 is 37.5. The number of hydrogen-bond acceptors (Lipinski definition) is 7. The number of rotatable bonds is 4. The van der Waals surface area contributed by atoms with Gasteiger partial charge in [-0.05, 0) is 32.9 Å². The Balaban J connectivity index is 1.89. The molecule has 0 spiro atoms. The van der Waals surface area contributed by atoms with Crippen LogP contribution in [0.5, 0.6) is 0 Å². The van der Waals surface area contributed by atoms with Gasteiger partial charge in [-0.3, -0.25) is 0 Å². The molecule has 3 heterocycles. The van der Waals surface area contributed by atoms with E-state index in [2.05, 4.69) is 14.9 Å². The fraction of sp³-hybridized carbons (Fsp3) is 0.231. The molecule has 0 radical (unpaired) electrons. The van der Waals surface area contributed by atoms with Gasteiger partial charge in [-0.15, -0.1) is 16.4 Å². The number of sulfonamides is 1. The third-order valence-electron chi connectivity index (χ3n) is 3.02. The highest BCUT2D eigenvalue weighted by Gasteiger charge is 2.22. The maximum atomic E-state index is 12.3. The van der Waals surface area contributed by atoms with Gasteiger partial charge in [-0.1, -0.05) is 5.10 Å². The van der Waals surface area contributed by atoms with Crippen LogP contribution < -0.4 is 4.72 Å². The van der Waals surface area contributed by atoms with E-state index in [1.54, 1.807) is 26.0 Å². The van der Waals surface area contributed by atoms with E-state index in [-0.39, 0.29) is 16.8 Å². The lowest BCUT2D eigenvalue weighted by Gasteiger charge is -2.02. The third-order valence-corrected chi connectivity index (χ3v) is 5.56. The second kappa shape index (κ2) is 5.25. The van der Waals surface area contributed by atoms with Crippen LogP contribution in [-0.4, -0.2) is 18.6 Å². The normalized spacial score (nSPS) is 11.8. The molecular formula is C13H13N3O4S2. The molecular weight excluding hydrogens is 326 g/mol. The standard InChI is InChI=1S/C13H13N3O4S2/c1-7-6-11(9(3)21-7)22(17,18)16-13-15-14-12(20-13)10-4-5-19-8(10)2/h4-6H,1-3H3,(H,15,16). The average Bonchev–Trinajstić information content (AvgIpc) is 3.10. The number of aromatic nitrogens is 2. The Bertz CT molecular complexity index is 921. The minimum Gasteiger partial charge on any atom is -0.469 e. The Morgan fingerprint density at radius 1 is 1.23 bits per heavy atom. The molecule has 0 aliphatic heterocycles. The third kappa shape index (κ3) is 2.64. The first-order valence-corrected chi connectivity index (χ1v) is 8.64. The van der Waals surface area contributed by atoms with E-state index in [9.17, 15) is 8.42 Å². The molecule has 0 unspecified atom stereocenters. The predicted octanol–water partition coefficient (Wildman–Crippen LogP) is 3.12. The number of nitrogens with zero attached hydrogens (tertiary/aromatic N) is 2. The van der Waals surface area contributed by atoms with Crippen molar-refractivity contribution in [3.05, 3.63) is 33.9 Å². The molecule has 7 nitrogen and oxygen atoms in total. The minimum atomic E-state index is -3.75. The van der Waals surface area contributed by atoms with Crippen LogP contribution in [0.1, 0.15) is 15.5 Å². The van der Waals surface area contributed by atoms with E-state index in [1.807, 2.05) is 6.92 Å². The van der Waals surface area contributed by atoms with Crippen molar-refractivity contribution in [3.63, 3.8) is 0 Å². The van der Waals surface area contributed by atoms with Crippen LogP contribution in [0, 0.1) is 20.8 Å². The summed E-state index contributed by atoms with van der Waals surface area (Å²) in [7, 11) is -3.75. The molecule has 0 atom stereocenters. The number of nitrogens with one attached hydrogen (secondary N) is 1. The highest BCUT2D eigenvalue weighted by Crippen LogP contribution is 2.28. The van der Waals surface area contributed by atoms with E-state index in [0.717, 1.165) is 4.88 Å². The second-order valence-corrected chi connectivity index (χ2v) is 7.80. The van der Waals surface area contributed by atoms with Gasteiger partial charge in [0.25, 0.3) is 15.9 Å². The number of anilines is 1. The van der Waals surface area contributed by atoms with Gasteiger partial charge in [-0.2, -0.15) is 0 Å². The van der Waals surface area contributed by atoms with Crippen molar-refractivity contribution >= 4 is 27.4 Å². The summed E-state index contributed by atoms with van der Waals surface area (Å²) in [5.74, 6) is 0.810. The van der Waals surface area contributed by atoms with E-state index in [0.29, 0.717) is 16.2 Å². The lowest BCUT2D eigenvalue weighted by molar-refractivity contribution is 0.531. The maximum Gasteiger partial charge on any atom is 0.330 e. The van der Waals surface area contributed by atoms with Crippen LogP contribution in [0.25, 0.3) is 11.5 Å². The highest BCUT2D eigenvalue weighted by molar-refractivity contribution is 7.92. The Morgan fingerprint density at radius 2 is 2.00 bits per heavy atom. The van der Waals surface area contributed by atoms with E-state index < -0.39 is 10.0 Å². The zero-order chi connectivity index (χ0) is 15.9. The van der Waals surface area contributed by atoms with Crippen LogP contribution in [0.4, 0.5) is 6.01 Å². The molecule has 0 aromatic carbocycles. The van der Waals surface area contributed by atoms with Crippen molar-refractivity contribution in [1.29, 1.82) is 0 Å². The summed E-state index contributed by atoms with van der Waals surface area (Å²) in [6.07, 6.45) is 1.50. The first kappa shape index (κ1) is 14.8. The molecule has 0 saturated carbocycles. The number of furan rings is 1. The molecule has 22 heavy (non-hydrogen) atoms. The van der Waals surface area contributed by atoms with Crippen molar-refractivity contribution in [2.45, 2.75) is 25.7 Å². The van der Waals surface area contributed by atoms with Gasteiger partial charge in [0, 0.05) is 9.75 Å². The largest absolute Gasteiger partial charge is 0.469 e. The lowest BCUT2D eigenvalue weighted by Crippen LogP contribution is -2.13. The Kier molecular flexibility index (Phi) is 3.53. The van der Waals surface area contributed by atoms with Gasteiger partial charge >= 0.3 is 6.01 Å². The molecule has 0 saturated heterocycles. The van der Waals surface area contributed by atoms with Crippen LogP contribution in [0.15, 0.2) is 32.1 Å². The average molecular weight is 339 g/mol. The topological polar surface area (TPSA) is 98.2 Å². The van der Waals surface area contributed by atoms with Gasteiger partial charge in [0.05, 0.1) is 11.8 Å². The molecule has 3 aromatic rings. The molecule has 0 aliphatic rings. The summed E-state index contributed by atoms with van der Waals surface area (Å²) >= 11 is 1.41. The quantitative estimate of drug-likeness (QED) is 0.784. The zero-order valence-corrected chi connectivity index (χ0v) is 13.7. The molecule has 1 N–H and O–H groups in total. The molecule has 3 rings (SSSR count). The highest BCUT2D eigenvalue weighted by atomic mass is 32.2. The Labute approximate surface area is 131 Å². The first-order valence-electron chi connectivity index (χ1n) is 6.34. The molecule has 116 valence electrons. The SMILES string of the molecule is Cc1cc(S(=O)(=O)Nc2nnc(-c3ccoc3C)o2)c(C)s1. The van der Waals surface area contributed by atoms with E-state index in [4.69, 9.17) is 8.83 Å². The smallest absolute Gasteiger partial charge is 0.330 e. The summed E-state index contributed by atoms with van der Waals surface area (Å²) in [6, 6.07) is 3.10.